The fourth-order valence-electron chi connectivity index (χ4n) is 3.29. The largest absolute Gasteiger partial charge is 0.390 e. The molecule has 1 saturated carbocycles. The van der Waals surface area contributed by atoms with E-state index >= 15 is 0 Å². The lowest BCUT2D eigenvalue weighted by Crippen LogP contribution is -2.50. The van der Waals surface area contributed by atoms with Crippen LogP contribution in [0.15, 0.2) is 18.3 Å². The van der Waals surface area contributed by atoms with Crippen LogP contribution in [0.25, 0.3) is 0 Å². The second-order valence-corrected chi connectivity index (χ2v) is 6.22. The molecule has 3 aliphatic rings. The van der Waals surface area contributed by atoms with Crippen LogP contribution >= 0.6 is 0 Å². The van der Waals surface area contributed by atoms with E-state index in [9.17, 15) is 5.11 Å². The van der Waals surface area contributed by atoms with Gasteiger partial charge in [0.15, 0.2) is 0 Å². The number of pyridine rings is 1. The Morgan fingerprint density at radius 1 is 1.37 bits per heavy atom. The van der Waals surface area contributed by atoms with Crippen molar-refractivity contribution in [2.45, 2.75) is 59.1 Å². The number of nitrogens with zero attached hydrogens (tertiary/aromatic N) is 2. The Morgan fingerprint density at radius 3 is 2.47 bits per heavy atom. The highest BCUT2D eigenvalue weighted by Crippen LogP contribution is 2.58. The maximum absolute atomic E-state index is 10.3. The summed E-state index contributed by atoms with van der Waals surface area (Å²) in [4.78, 5) is 6.82. The van der Waals surface area contributed by atoms with Gasteiger partial charge in [-0.3, -0.25) is 0 Å². The van der Waals surface area contributed by atoms with Crippen molar-refractivity contribution in [1.29, 1.82) is 0 Å². The smallest absolute Gasteiger partial charge is 0.128 e. The first-order valence-electron chi connectivity index (χ1n) is 7.33. The average molecular weight is 262 g/mol. The molecule has 19 heavy (non-hydrogen) atoms. The molecule has 0 radical (unpaired) electrons. The lowest BCUT2D eigenvalue weighted by molar-refractivity contribution is -0.0754. The van der Waals surface area contributed by atoms with Crippen molar-refractivity contribution in [3.8, 4) is 0 Å². The van der Waals surface area contributed by atoms with Crippen LogP contribution in [0.1, 0.15) is 46.1 Å². The number of fused-ring (bicyclic) bond motifs is 1. The highest BCUT2D eigenvalue weighted by atomic mass is 16.3. The molecule has 4 rings (SSSR count). The maximum atomic E-state index is 10.3. The lowest BCUT2D eigenvalue weighted by Gasteiger charge is -2.45. The van der Waals surface area contributed by atoms with E-state index in [1.807, 2.05) is 40.0 Å². The van der Waals surface area contributed by atoms with Crippen molar-refractivity contribution in [1.82, 2.24) is 4.98 Å². The van der Waals surface area contributed by atoms with Crippen LogP contribution in [0.4, 0.5) is 5.82 Å². The molecule has 1 aromatic heterocycles. The van der Waals surface area contributed by atoms with E-state index < -0.39 is 5.60 Å². The first-order chi connectivity index (χ1) is 8.91. The topological polar surface area (TPSA) is 36.4 Å². The Hall–Kier alpha value is -1.09. The summed E-state index contributed by atoms with van der Waals surface area (Å²) < 4.78 is 0. The second kappa shape index (κ2) is 4.78. The first kappa shape index (κ1) is 14.3. The number of aryl methyl sites for hydroxylation is 1. The van der Waals surface area contributed by atoms with Gasteiger partial charge in [-0.2, -0.15) is 0 Å². The molecule has 3 heteroatoms. The zero-order valence-corrected chi connectivity index (χ0v) is 12.8. The highest BCUT2D eigenvalue weighted by molar-refractivity contribution is 5.47. The maximum Gasteiger partial charge on any atom is 0.128 e. The number of hydrogen-bond acceptors (Lipinski definition) is 3. The zero-order valence-electron chi connectivity index (χ0n) is 12.8. The van der Waals surface area contributed by atoms with Crippen LogP contribution in [0.3, 0.4) is 0 Å². The van der Waals surface area contributed by atoms with Gasteiger partial charge >= 0.3 is 0 Å². The van der Waals surface area contributed by atoms with E-state index in [0.717, 1.165) is 25.2 Å². The van der Waals surface area contributed by atoms with Crippen LogP contribution in [-0.4, -0.2) is 28.3 Å². The molecule has 2 bridgehead atoms. The molecule has 2 saturated heterocycles. The fourth-order valence-corrected chi connectivity index (χ4v) is 3.29. The van der Waals surface area contributed by atoms with E-state index in [4.69, 9.17) is 0 Å². The van der Waals surface area contributed by atoms with Gasteiger partial charge in [-0.15, -0.1) is 0 Å². The zero-order chi connectivity index (χ0) is 14.3. The molecular weight excluding hydrogens is 236 g/mol. The van der Waals surface area contributed by atoms with E-state index in [0.29, 0.717) is 6.04 Å². The van der Waals surface area contributed by atoms with E-state index in [1.54, 1.807) is 0 Å². The third-order valence-electron chi connectivity index (χ3n) is 4.66. The minimum atomic E-state index is -0.581. The van der Waals surface area contributed by atoms with Gasteiger partial charge in [0.25, 0.3) is 0 Å². The molecule has 1 aromatic rings. The molecule has 3 nitrogen and oxygen atoms in total. The molecule has 0 unspecified atom stereocenters. The minimum Gasteiger partial charge on any atom is -0.390 e. The summed E-state index contributed by atoms with van der Waals surface area (Å²) in [6.45, 7) is 10.9. The Morgan fingerprint density at radius 2 is 2.00 bits per heavy atom. The Balaban J connectivity index is 0.000000637. The van der Waals surface area contributed by atoms with Crippen LogP contribution in [0.2, 0.25) is 0 Å². The van der Waals surface area contributed by atoms with Crippen LogP contribution in [-0.2, 0) is 0 Å². The van der Waals surface area contributed by atoms with E-state index in [-0.39, 0.29) is 5.41 Å². The normalized spacial score (nSPS) is 28.5. The lowest BCUT2D eigenvalue weighted by atomic mass is 9.61. The van der Waals surface area contributed by atoms with Gasteiger partial charge in [-0.05, 0) is 51.3 Å². The molecule has 3 heterocycles. The number of aromatic nitrogens is 1. The van der Waals surface area contributed by atoms with Crippen molar-refractivity contribution in [3.63, 3.8) is 0 Å². The first-order valence-corrected chi connectivity index (χ1v) is 7.33. The Kier molecular flexibility index (Phi) is 3.61. The molecule has 0 spiro atoms. The van der Waals surface area contributed by atoms with Crippen LogP contribution in [0.5, 0.6) is 0 Å². The number of aliphatic hydroxyl groups is 1. The summed E-state index contributed by atoms with van der Waals surface area (Å²) in [5.74, 6) is 1.07. The molecule has 1 N–H and O–H groups in total. The minimum absolute atomic E-state index is 0.0864. The predicted octanol–water partition coefficient (Wildman–Crippen LogP) is 3.16. The summed E-state index contributed by atoms with van der Waals surface area (Å²) in [6, 6.07) is 4.74. The van der Waals surface area contributed by atoms with Crippen LogP contribution < -0.4 is 4.90 Å². The van der Waals surface area contributed by atoms with Gasteiger partial charge in [-0.1, -0.05) is 13.8 Å². The molecule has 0 amide bonds. The summed E-state index contributed by atoms with van der Waals surface area (Å²) in [6.07, 6.45) is 4.08. The summed E-state index contributed by atoms with van der Waals surface area (Å²) in [7, 11) is 0. The van der Waals surface area contributed by atoms with Crippen molar-refractivity contribution in [2.24, 2.45) is 5.41 Å². The van der Waals surface area contributed by atoms with Gasteiger partial charge in [0, 0.05) is 24.2 Å². The second-order valence-electron chi connectivity index (χ2n) is 6.22. The monoisotopic (exact) mass is 262 g/mol. The summed E-state index contributed by atoms with van der Waals surface area (Å²) >= 11 is 0. The predicted molar refractivity (Wildman–Crippen MR) is 79.4 cm³/mol. The number of hydrogen-bond donors (Lipinski definition) is 1. The molecule has 3 fully saturated rings. The van der Waals surface area contributed by atoms with Gasteiger partial charge < -0.3 is 10.0 Å². The van der Waals surface area contributed by atoms with Gasteiger partial charge in [-0.25, -0.2) is 4.98 Å². The van der Waals surface area contributed by atoms with E-state index in [1.165, 1.54) is 5.56 Å². The standard InChI is InChI=1S/C14H20N2O.C2H6/c1-10-4-5-15-12(6-10)16-9-14(13(2,3)17)7-11(16)8-14;1-2/h4-6,11,17H,7-9H2,1-3H3;1-2H3. The van der Waals surface area contributed by atoms with Crippen molar-refractivity contribution < 1.29 is 5.11 Å². The number of anilines is 1. The molecular formula is C16H26N2O. The molecule has 2 aliphatic heterocycles. The fraction of sp³-hybridized carbons (Fsp3) is 0.688. The Labute approximate surface area is 116 Å². The molecule has 0 atom stereocenters. The van der Waals surface area contributed by atoms with Crippen molar-refractivity contribution in [3.05, 3.63) is 23.9 Å². The third-order valence-corrected chi connectivity index (χ3v) is 4.66. The summed E-state index contributed by atoms with van der Waals surface area (Å²) in [5.41, 5.74) is 0.752. The van der Waals surface area contributed by atoms with Gasteiger partial charge in [0.05, 0.1) is 5.60 Å². The highest BCUT2D eigenvalue weighted by Gasteiger charge is 2.61. The third kappa shape index (κ3) is 2.25. The van der Waals surface area contributed by atoms with Crippen LogP contribution in [0, 0.1) is 12.3 Å². The van der Waals surface area contributed by atoms with Gasteiger partial charge in [0.1, 0.15) is 5.82 Å². The average Bonchev–Trinajstić information content (AvgIpc) is 2.86. The molecule has 1 aliphatic carbocycles. The van der Waals surface area contributed by atoms with Gasteiger partial charge in [0.2, 0.25) is 0 Å². The van der Waals surface area contributed by atoms with Crippen molar-refractivity contribution in [2.75, 3.05) is 11.4 Å². The molecule has 0 aromatic carbocycles. The SMILES string of the molecule is CC.Cc1ccnc(N2CC3(C(C)(C)O)CC2C3)c1. The Bertz CT molecular complexity index is 444. The molecule has 106 valence electrons. The number of rotatable bonds is 2. The van der Waals surface area contributed by atoms with E-state index in [2.05, 4.69) is 22.9 Å². The quantitative estimate of drug-likeness (QED) is 0.889. The van der Waals surface area contributed by atoms with Crippen molar-refractivity contribution >= 4 is 5.82 Å². The summed E-state index contributed by atoms with van der Waals surface area (Å²) in [5, 5.41) is 10.3.